The first-order valence-corrected chi connectivity index (χ1v) is 22.5. The molecule has 9 atom stereocenters. The van der Waals surface area contributed by atoms with Crippen molar-refractivity contribution in [3.8, 4) is 0 Å². The molecule has 0 amide bonds. The van der Waals surface area contributed by atoms with Gasteiger partial charge in [0, 0.05) is 25.5 Å². The SMILES string of the molecule is CCCCCCCCCCCCCCCCOC(CC(=O)O[C@]1(O)CC[C@@]2(C)[C@H](CC[C@@H]3[C@@H]2CC[C@]2(C)[C@@H](C4=CC(=O)OC4)CC[C@@H]32)C1)C[N+](C)(C)C. The molecule has 0 aromatic carbocycles. The minimum atomic E-state index is -1.38. The van der Waals surface area contributed by atoms with Gasteiger partial charge in [0.15, 0.2) is 0 Å². The van der Waals surface area contributed by atoms with Crippen molar-refractivity contribution in [3.05, 3.63) is 11.6 Å². The zero-order valence-corrected chi connectivity index (χ0v) is 35.1. The van der Waals surface area contributed by atoms with E-state index >= 15 is 0 Å². The number of cyclic esters (lactones) is 1. The maximum Gasteiger partial charge on any atom is 0.331 e. The average molecular weight is 743 g/mol. The Kier molecular flexibility index (Phi) is 15.4. The number of fused-ring (bicyclic) bond motifs is 5. The molecule has 7 nitrogen and oxygen atoms in total. The van der Waals surface area contributed by atoms with Gasteiger partial charge < -0.3 is 23.8 Å². The number of esters is 2. The second-order valence-corrected chi connectivity index (χ2v) is 20.0. The summed E-state index contributed by atoms with van der Waals surface area (Å²) in [6.45, 7) is 9.16. The molecule has 4 fully saturated rings. The number of likely N-dealkylation sites (N-methyl/N-ethyl adjacent to an activating group) is 1. The highest BCUT2D eigenvalue weighted by atomic mass is 16.7. The van der Waals surface area contributed by atoms with E-state index in [0.717, 1.165) is 25.8 Å². The van der Waals surface area contributed by atoms with Crippen molar-refractivity contribution in [3.63, 3.8) is 0 Å². The molecule has 0 bridgehead atoms. The summed E-state index contributed by atoms with van der Waals surface area (Å²) < 4.78 is 18.4. The van der Waals surface area contributed by atoms with Gasteiger partial charge in [-0.1, -0.05) is 104 Å². The minimum absolute atomic E-state index is 0.162. The van der Waals surface area contributed by atoms with Crippen LogP contribution in [-0.4, -0.2) is 74.3 Å². The normalized spacial score (nSPS) is 34.5. The summed E-state index contributed by atoms with van der Waals surface area (Å²) in [7, 11) is 6.42. The molecule has 4 aliphatic carbocycles. The second-order valence-electron chi connectivity index (χ2n) is 20.0. The van der Waals surface area contributed by atoms with Crippen molar-refractivity contribution in [1.82, 2.24) is 0 Å². The number of carbonyl (C=O) groups is 2. The van der Waals surface area contributed by atoms with Crippen molar-refractivity contribution < 1.29 is 33.4 Å². The van der Waals surface area contributed by atoms with Gasteiger partial charge in [-0.2, -0.15) is 0 Å². The highest BCUT2D eigenvalue weighted by Crippen LogP contribution is 2.69. The molecule has 304 valence electrons. The van der Waals surface area contributed by atoms with Gasteiger partial charge in [0.25, 0.3) is 0 Å². The standard InChI is InChI=1S/C46H80NO6/c1-7-8-9-10-11-12-13-14-15-16-17-18-19-20-29-51-37(33-47(4,5)6)31-43(49)53-46(50)28-27-44(2)36(32-46)21-22-38-40-24-23-39(35-30-42(48)52-34-35)45(40,3)26-25-41(38)44/h30,36-41,50H,7-29,31-34H2,1-6H3/q+1/t36-,37?,38+,39-,40+,41+,44+,45-,46-/m1/s1. The smallest absolute Gasteiger partial charge is 0.331 e. The summed E-state index contributed by atoms with van der Waals surface area (Å²) in [5, 5.41) is 11.8. The fraction of sp³-hybridized carbons (Fsp3) is 0.913. The van der Waals surface area contributed by atoms with E-state index in [1.54, 1.807) is 6.08 Å². The van der Waals surface area contributed by atoms with Gasteiger partial charge in [-0.3, -0.25) is 4.79 Å². The zero-order chi connectivity index (χ0) is 38.1. The first-order valence-electron chi connectivity index (χ1n) is 22.5. The molecular weight excluding hydrogens is 663 g/mol. The lowest BCUT2D eigenvalue weighted by molar-refractivity contribution is -0.873. The van der Waals surface area contributed by atoms with Gasteiger partial charge in [-0.15, -0.1) is 0 Å². The van der Waals surface area contributed by atoms with E-state index in [9.17, 15) is 14.7 Å². The van der Waals surface area contributed by atoms with Crippen molar-refractivity contribution in [2.45, 2.75) is 187 Å². The maximum atomic E-state index is 13.5. The molecule has 0 saturated heterocycles. The molecular formula is C46H80NO6+. The topological polar surface area (TPSA) is 82.1 Å². The Morgan fingerprint density at radius 3 is 2.06 bits per heavy atom. The van der Waals surface area contributed by atoms with Gasteiger partial charge in [0.1, 0.15) is 19.3 Å². The molecule has 0 radical (unpaired) electrons. The molecule has 1 N–H and O–H groups in total. The van der Waals surface area contributed by atoms with Crippen LogP contribution in [0, 0.1) is 40.4 Å². The molecule has 0 aromatic heterocycles. The molecule has 0 aromatic rings. The van der Waals surface area contributed by atoms with Crippen LogP contribution in [0.4, 0.5) is 0 Å². The molecule has 1 aliphatic heterocycles. The monoisotopic (exact) mass is 743 g/mol. The molecule has 1 unspecified atom stereocenters. The molecule has 7 heteroatoms. The summed E-state index contributed by atoms with van der Waals surface area (Å²) in [6.07, 6.45) is 29.5. The van der Waals surface area contributed by atoms with Crippen LogP contribution >= 0.6 is 0 Å². The van der Waals surface area contributed by atoms with E-state index in [-0.39, 0.29) is 35.3 Å². The van der Waals surface area contributed by atoms with Crippen LogP contribution < -0.4 is 0 Å². The lowest BCUT2D eigenvalue weighted by Crippen LogP contribution is -2.56. The van der Waals surface area contributed by atoms with E-state index in [4.69, 9.17) is 14.2 Å². The zero-order valence-electron chi connectivity index (χ0n) is 35.1. The molecule has 5 aliphatic rings. The lowest BCUT2D eigenvalue weighted by atomic mass is 9.44. The van der Waals surface area contributed by atoms with E-state index in [0.29, 0.717) is 60.1 Å². The highest BCUT2D eigenvalue weighted by molar-refractivity contribution is 5.85. The Labute approximate surface area is 324 Å². The van der Waals surface area contributed by atoms with E-state index in [1.165, 1.54) is 121 Å². The van der Waals surface area contributed by atoms with Crippen LogP contribution in [0.25, 0.3) is 0 Å². The van der Waals surface area contributed by atoms with Gasteiger partial charge in [-0.25, -0.2) is 4.79 Å². The van der Waals surface area contributed by atoms with Crippen molar-refractivity contribution >= 4 is 11.9 Å². The Bertz CT molecular complexity index is 1210. The predicted molar refractivity (Wildman–Crippen MR) is 213 cm³/mol. The van der Waals surface area contributed by atoms with Crippen LogP contribution in [0.3, 0.4) is 0 Å². The molecule has 0 spiro atoms. The Hall–Kier alpha value is -1.44. The number of hydrogen-bond acceptors (Lipinski definition) is 6. The number of hydrogen-bond donors (Lipinski definition) is 1. The average Bonchev–Trinajstić information content (AvgIpc) is 3.68. The number of aliphatic hydroxyl groups is 1. The number of carbonyl (C=O) groups excluding carboxylic acids is 2. The lowest BCUT2D eigenvalue weighted by Gasteiger charge is -2.61. The Balaban J connectivity index is 1.02. The summed E-state index contributed by atoms with van der Waals surface area (Å²) in [5.41, 5.74) is 1.63. The Morgan fingerprint density at radius 2 is 1.45 bits per heavy atom. The van der Waals surface area contributed by atoms with Crippen LogP contribution in [-0.2, 0) is 23.8 Å². The minimum Gasteiger partial charge on any atom is -0.458 e. The molecule has 1 heterocycles. The second kappa shape index (κ2) is 19.1. The fourth-order valence-electron chi connectivity index (χ4n) is 12.3. The number of rotatable bonds is 22. The quantitative estimate of drug-likeness (QED) is 0.0515. The van der Waals surface area contributed by atoms with Gasteiger partial charge in [0.05, 0.1) is 27.6 Å². The number of quaternary nitrogens is 1. The van der Waals surface area contributed by atoms with Crippen LogP contribution in [0.1, 0.15) is 175 Å². The summed E-state index contributed by atoms with van der Waals surface area (Å²) in [6, 6.07) is 0. The number of unbranched alkanes of at least 4 members (excludes halogenated alkanes) is 13. The molecule has 5 rings (SSSR count). The van der Waals surface area contributed by atoms with Crippen molar-refractivity contribution in [1.29, 1.82) is 0 Å². The first-order chi connectivity index (χ1) is 25.3. The van der Waals surface area contributed by atoms with E-state index < -0.39 is 5.79 Å². The number of ether oxygens (including phenoxy) is 3. The third kappa shape index (κ3) is 11.3. The largest absolute Gasteiger partial charge is 0.458 e. The summed E-state index contributed by atoms with van der Waals surface area (Å²) in [4.78, 5) is 25.4. The third-order valence-corrected chi connectivity index (χ3v) is 15.1. The van der Waals surface area contributed by atoms with Gasteiger partial charge >= 0.3 is 11.9 Å². The predicted octanol–water partition coefficient (Wildman–Crippen LogP) is 10.3. The highest BCUT2D eigenvalue weighted by Gasteiger charge is 2.62. The molecule has 53 heavy (non-hydrogen) atoms. The first kappa shape index (κ1) is 42.7. The van der Waals surface area contributed by atoms with E-state index in [1.807, 2.05) is 0 Å². The fourth-order valence-corrected chi connectivity index (χ4v) is 12.3. The third-order valence-electron chi connectivity index (χ3n) is 15.1. The van der Waals surface area contributed by atoms with Gasteiger partial charge in [-0.05, 0) is 97.4 Å². The maximum absolute atomic E-state index is 13.5. The summed E-state index contributed by atoms with van der Waals surface area (Å²) in [5.74, 6) is 0.976. The van der Waals surface area contributed by atoms with Crippen LogP contribution in [0.15, 0.2) is 11.6 Å². The Morgan fingerprint density at radius 1 is 0.830 bits per heavy atom. The van der Waals surface area contributed by atoms with Crippen LogP contribution in [0.2, 0.25) is 0 Å². The van der Waals surface area contributed by atoms with E-state index in [2.05, 4.69) is 41.9 Å². The summed E-state index contributed by atoms with van der Waals surface area (Å²) >= 11 is 0. The van der Waals surface area contributed by atoms with Crippen molar-refractivity contribution in [2.24, 2.45) is 40.4 Å². The van der Waals surface area contributed by atoms with Crippen LogP contribution in [0.5, 0.6) is 0 Å². The molecule has 4 saturated carbocycles. The number of nitrogens with zero attached hydrogens (tertiary/aromatic N) is 1. The van der Waals surface area contributed by atoms with Gasteiger partial charge in [0.2, 0.25) is 5.79 Å². The van der Waals surface area contributed by atoms with Crippen molar-refractivity contribution in [2.75, 3.05) is 40.9 Å².